The van der Waals surface area contributed by atoms with Crippen LogP contribution in [-0.2, 0) is 11.2 Å². The first-order valence-electron chi connectivity index (χ1n) is 6.88. The van der Waals surface area contributed by atoms with Gasteiger partial charge in [0.05, 0.1) is 0 Å². The molecule has 0 aromatic heterocycles. The minimum atomic E-state index is -0.427. The molecule has 0 unspecified atom stereocenters. The van der Waals surface area contributed by atoms with Gasteiger partial charge in [-0.1, -0.05) is 30.3 Å². The summed E-state index contributed by atoms with van der Waals surface area (Å²) in [6.07, 6.45) is 1.35. The van der Waals surface area contributed by atoms with Crippen molar-refractivity contribution in [1.82, 2.24) is 15.1 Å². The Kier molecular flexibility index (Phi) is 4.74. The summed E-state index contributed by atoms with van der Waals surface area (Å²) in [5.41, 5.74) is 1.06. The zero-order valence-electron chi connectivity index (χ0n) is 12.0. The Morgan fingerprint density at radius 1 is 1.20 bits per heavy atom. The maximum Gasteiger partial charge on any atom is 0.324 e. The van der Waals surface area contributed by atoms with Crippen LogP contribution in [0.1, 0.15) is 12.0 Å². The molecule has 1 aliphatic rings. The van der Waals surface area contributed by atoms with Crippen molar-refractivity contribution in [3.8, 4) is 0 Å². The van der Waals surface area contributed by atoms with Crippen LogP contribution in [0.5, 0.6) is 0 Å². The minimum Gasteiger partial charge on any atom is -0.325 e. The van der Waals surface area contributed by atoms with Crippen LogP contribution in [0.4, 0.5) is 4.79 Å². The SMILES string of the molecule is CN(C)CCCN1C(=O)N[C@@H](Cc2ccccc2)C1=O. The third-order valence-corrected chi connectivity index (χ3v) is 3.38. The number of imide groups is 1. The van der Waals surface area contributed by atoms with Crippen molar-refractivity contribution in [1.29, 1.82) is 0 Å². The molecule has 1 saturated heterocycles. The molecule has 3 amide bonds. The molecule has 108 valence electrons. The molecule has 0 spiro atoms. The molecular weight excluding hydrogens is 254 g/mol. The molecule has 20 heavy (non-hydrogen) atoms. The van der Waals surface area contributed by atoms with Gasteiger partial charge in [0.1, 0.15) is 6.04 Å². The summed E-state index contributed by atoms with van der Waals surface area (Å²) >= 11 is 0. The second-order valence-electron chi connectivity index (χ2n) is 5.34. The van der Waals surface area contributed by atoms with Crippen molar-refractivity contribution < 1.29 is 9.59 Å². The van der Waals surface area contributed by atoms with Gasteiger partial charge in [-0.2, -0.15) is 0 Å². The van der Waals surface area contributed by atoms with Crippen molar-refractivity contribution in [3.63, 3.8) is 0 Å². The predicted molar refractivity (Wildman–Crippen MR) is 77.3 cm³/mol. The predicted octanol–water partition coefficient (Wildman–Crippen LogP) is 1.10. The van der Waals surface area contributed by atoms with Crippen molar-refractivity contribution in [2.24, 2.45) is 0 Å². The van der Waals surface area contributed by atoms with E-state index in [-0.39, 0.29) is 11.9 Å². The molecule has 0 saturated carbocycles. The highest BCUT2D eigenvalue weighted by molar-refractivity contribution is 6.04. The molecule has 2 rings (SSSR count). The fourth-order valence-electron chi connectivity index (χ4n) is 2.32. The fourth-order valence-corrected chi connectivity index (χ4v) is 2.32. The van der Waals surface area contributed by atoms with E-state index in [0.717, 1.165) is 18.5 Å². The number of benzene rings is 1. The summed E-state index contributed by atoms with van der Waals surface area (Å²) in [7, 11) is 3.95. The highest BCUT2D eigenvalue weighted by Crippen LogP contribution is 2.12. The fraction of sp³-hybridized carbons (Fsp3) is 0.467. The number of nitrogens with zero attached hydrogens (tertiary/aromatic N) is 2. The van der Waals surface area contributed by atoms with Crippen LogP contribution in [0.2, 0.25) is 0 Å². The quantitative estimate of drug-likeness (QED) is 0.791. The topological polar surface area (TPSA) is 52.6 Å². The highest BCUT2D eigenvalue weighted by Gasteiger charge is 2.37. The maximum atomic E-state index is 12.2. The number of amides is 3. The van der Waals surface area contributed by atoms with Crippen LogP contribution >= 0.6 is 0 Å². The van der Waals surface area contributed by atoms with E-state index in [9.17, 15) is 9.59 Å². The largest absolute Gasteiger partial charge is 0.325 e. The van der Waals surface area contributed by atoms with Gasteiger partial charge in [0.15, 0.2) is 0 Å². The lowest BCUT2D eigenvalue weighted by molar-refractivity contribution is -0.127. The van der Waals surface area contributed by atoms with E-state index in [2.05, 4.69) is 5.32 Å². The Bertz CT molecular complexity index is 473. The van der Waals surface area contributed by atoms with Crippen LogP contribution in [-0.4, -0.2) is 55.0 Å². The van der Waals surface area contributed by atoms with Gasteiger partial charge >= 0.3 is 6.03 Å². The van der Waals surface area contributed by atoms with Gasteiger partial charge in [-0.15, -0.1) is 0 Å². The third-order valence-electron chi connectivity index (χ3n) is 3.38. The van der Waals surface area contributed by atoms with Crippen molar-refractivity contribution >= 4 is 11.9 Å². The summed E-state index contributed by atoms with van der Waals surface area (Å²) in [6.45, 7) is 1.34. The lowest BCUT2D eigenvalue weighted by atomic mass is 10.1. The molecule has 5 nitrogen and oxygen atoms in total. The van der Waals surface area contributed by atoms with Gasteiger partial charge in [0, 0.05) is 13.0 Å². The Morgan fingerprint density at radius 2 is 1.90 bits per heavy atom. The molecule has 1 atom stereocenters. The average molecular weight is 275 g/mol. The molecule has 0 aliphatic carbocycles. The Balaban J connectivity index is 1.91. The van der Waals surface area contributed by atoms with Crippen molar-refractivity contribution in [2.75, 3.05) is 27.2 Å². The molecule has 5 heteroatoms. The normalized spacial score (nSPS) is 18.8. The molecule has 1 N–H and O–H groups in total. The van der Waals surface area contributed by atoms with Crippen LogP contribution in [0, 0.1) is 0 Å². The van der Waals surface area contributed by atoms with Crippen LogP contribution < -0.4 is 5.32 Å². The molecule has 1 heterocycles. The lowest BCUT2D eigenvalue weighted by Gasteiger charge is -2.15. The summed E-state index contributed by atoms with van der Waals surface area (Å²) in [5, 5.41) is 2.76. The number of carbonyl (C=O) groups excluding carboxylic acids is 2. The number of hydrogen-bond donors (Lipinski definition) is 1. The van der Waals surface area contributed by atoms with E-state index in [1.165, 1.54) is 4.90 Å². The van der Waals surface area contributed by atoms with E-state index >= 15 is 0 Å². The van der Waals surface area contributed by atoms with Crippen LogP contribution in [0.25, 0.3) is 0 Å². The van der Waals surface area contributed by atoms with E-state index < -0.39 is 6.04 Å². The number of carbonyl (C=O) groups is 2. The molecular formula is C15H21N3O2. The zero-order chi connectivity index (χ0) is 14.5. The van der Waals surface area contributed by atoms with E-state index in [1.807, 2.05) is 49.3 Å². The van der Waals surface area contributed by atoms with E-state index in [1.54, 1.807) is 0 Å². The average Bonchev–Trinajstić information content (AvgIpc) is 2.67. The van der Waals surface area contributed by atoms with Gasteiger partial charge in [-0.05, 0) is 32.6 Å². The first-order valence-corrected chi connectivity index (χ1v) is 6.88. The third kappa shape index (κ3) is 3.57. The standard InChI is InChI=1S/C15H21N3O2/c1-17(2)9-6-10-18-14(19)13(16-15(18)20)11-12-7-4-3-5-8-12/h3-5,7-8,13H,6,9-11H2,1-2H3,(H,16,20)/t13-/m0/s1. The molecule has 1 aliphatic heterocycles. The molecule has 1 aromatic rings. The summed E-state index contributed by atoms with van der Waals surface area (Å²) in [4.78, 5) is 27.4. The summed E-state index contributed by atoms with van der Waals surface area (Å²) < 4.78 is 0. The number of urea groups is 1. The lowest BCUT2D eigenvalue weighted by Crippen LogP contribution is -2.34. The Hall–Kier alpha value is -1.88. The van der Waals surface area contributed by atoms with Crippen molar-refractivity contribution in [2.45, 2.75) is 18.9 Å². The van der Waals surface area contributed by atoms with Gasteiger partial charge < -0.3 is 10.2 Å². The summed E-state index contributed by atoms with van der Waals surface area (Å²) in [5.74, 6) is -0.113. The monoisotopic (exact) mass is 275 g/mol. The van der Waals surface area contributed by atoms with Gasteiger partial charge in [0.25, 0.3) is 5.91 Å². The van der Waals surface area contributed by atoms with Gasteiger partial charge in [0.2, 0.25) is 0 Å². The van der Waals surface area contributed by atoms with Crippen LogP contribution in [0.15, 0.2) is 30.3 Å². The molecule has 1 aromatic carbocycles. The van der Waals surface area contributed by atoms with E-state index in [0.29, 0.717) is 13.0 Å². The van der Waals surface area contributed by atoms with Crippen molar-refractivity contribution in [3.05, 3.63) is 35.9 Å². The first-order chi connectivity index (χ1) is 9.58. The zero-order valence-corrected chi connectivity index (χ0v) is 12.0. The number of rotatable bonds is 6. The van der Waals surface area contributed by atoms with Gasteiger partial charge in [-0.3, -0.25) is 9.69 Å². The summed E-state index contributed by atoms with van der Waals surface area (Å²) in [6, 6.07) is 9.05. The smallest absolute Gasteiger partial charge is 0.324 e. The minimum absolute atomic E-state index is 0.113. The Labute approximate surface area is 119 Å². The number of nitrogens with one attached hydrogen (secondary N) is 1. The van der Waals surface area contributed by atoms with Gasteiger partial charge in [-0.25, -0.2) is 4.79 Å². The molecule has 0 radical (unpaired) electrons. The highest BCUT2D eigenvalue weighted by atomic mass is 16.2. The Morgan fingerprint density at radius 3 is 2.55 bits per heavy atom. The first kappa shape index (κ1) is 14.5. The van der Waals surface area contributed by atoms with Crippen LogP contribution in [0.3, 0.4) is 0 Å². The molecule has 1 fully saturated rings. The molecule has 0 bridgehead atoms. The number of hydrogen-bond acceptors (Lipinski definition) is 3. The second kappa shape index (κ2) is 6.52. The second-order valence-corrected chi connectivity index (χ2v) is 5.34. The van der Waals surface area contributed by atoms with E-state index in [4.69, 9.17) is 0 Å². The maximum absolute atomic E-state index is 12.2.